The molecule has 0 saturated carbocycles. The Morgan fingerprint density at radius 1 is 0.846 bits per heavy atom. The zero-order valence-corrected chi connectivity index (χ0v) is 15.3. The summed E-state index contributed by atoms with van der Waals surface area (Å²) in [6, 6.07) is 21.0. The molecule has 5 nitrogen and oxygen atoms in total. The quantitative estimate of drug-likeness (QED) is 0.326. The van der Waals surface area contributed by atoms with Crippen molar-refractivity contribution in [2.45, 2.75) is 18.5 Å². The van der Waals surface area contributed by atoms with E-state index in [4.69, 9.17) is 0 Å². The van der Waals surface area contributed by atoms with Crippen LogP contribution in [0, 0.1) is 0 Å². The smallest absolute Gasteiger partial charge is 0.492 e. The van der Waals surface area contributed by atoms with Gasteiger partial charge in [-0.2, -0.15) is 0 Å². The first-order valence-corrected chi connectivity index (χ1v) is 10.7. The van der Waals surface area contributed by atoms with Crippen molar-refractivity contribution < 1.29 is 19.5 Å². The van der Waals surface area contributed by atoms with Crippen LogP contribution in [0.5, 0.6) is 5.75 Å². The van der Waals surface area contributed by atoms with Gasteiger partial charge in [0, 0.05) is 11.6 Å². The molecule has 3 aromatic rings. The van der Waals surface area contributed by atoms with Crippen molar-refractivity contribution in [2.75, 3.05) is 6.54 Å². The van der Waals surface area contributed by atoms with E-state index in [9.17, 15) is 19.5 Å². The third kappa shape index (κ3) is 4.49. The topological polar surface area (TPSA) is 93.0 Å². The van der Waals surface area contributed by atoms with Crippen molar-refractivity contribution in [3.63, 3.8) is 0 Å². The summed E-state index contributed by atoms with van der Waals surface area (Å²) < 4.78 is 0. The summed E-state index contributed by atoms with van der Waals surface area (Å²) in [5.41, 5.74) is 1.79. The first-order valence-electron chi connectivity index (χ1n) is 8.62. The molecule has 0 aliphatic carbocycles. The highest BCUT2D eigenvalue weighted by atomic mass is 28.4. The molecule has 136 valence electrons. The lowest BCUT2D eigenvalue weighted by Gasteiger charge is -2.23. The van der Waals surface area contributed by atoms with E-state index in [2.05, 4.69) is 5.32 Å². The Bertz CT molecular complexity index is 865. The van der Waals surface area contributed by atoms with Gasteiger partial charge in [-0.05, 0) is 35.4 Å². The van der Waals surface area contributed by atoms with Gasteiger partial charge in [-0.1, -0.05) is 60.7 Å². The first kappa shape index (κ1) is 18.6. The summed E-state index contributed by atoms with van der Waals surface area (Å²) in [5, 5.41) is 16.0. The molecule has 0 aliphatic heterocycles. The van der Waals surface area contributed by atoms with Crippen LogP contribution in [0.4, 0.5) is 0 Å². The second-order valence-corrected chi connectivity index (χ2v) is 8.44. The summed E-state index contributed by atoms with van der Waals surface area (Å²) in [5.74, 6) is 0.209. The van der Waals surface area contributed by atoms with Crippen LogP contribution in [0.2, 0.25) is 6.04 Å². The highest BCUT2D eigenvalue weighted by molar-refractivity contribution is 6.56. The molecule has 0 aliphatic rings. The van der Waals surface area contributed by atoms with Crippen molar-refractivity contribution in [3.8, 4) is 5.75 Å². The predicted molar refractivity (Wildman–Crippen MR) is 104 cm³/mol. The molecule has 0 radical (unpaired) electrons. The summed E-state index contributed by atoms with van der Waals surface area (Å²) >= 11 is 0. The van der Waals surface area contributed by atoms with E-state index < -0.39 is 8.80 Å². The highest BCUT2D eigenvalue weighted by Crippen LogP contribution is 2.35. The lowest BCUT2D eigenvalue weighted by Crippen LogP contribution is -2.35. The van der Waals surface area contributed by atoms with Crippen LogP contribution in [0.3, 0.4) is 0 Å². The zero-order chi connectivity index (χ0) is 18.6. The minimum atomic E-state index is -4.03. The van der Waals surface area contributed by atoms with Gasteiger partial charge in [0.1, 0.15) is 5.75 Å². The molecule has 0 spiro atoms. The van der Waals surface area contributed by atoms with E-state index >= 15 is 0 Å². The second kappa shape index (κ2) is 7.99. The van der Waals surface area contributed by atoms with Gasteiger partial charge >= 0.3 is 8.80 Å². The first-order chi connectivity index (χ1) is 12.5. The Morgan fingerprint density at radius 3 is 2.27 bits per heavy atom. The number of nitrogens with one attached hydrogen (secondary N) is 1. The number of phenolic OH excluding ortho intramolecular Hbond substituents is 1. The van der Waals surface area contributed by atoms with Crippen molar-refractivity contribution in [1.29, 1.82) is 0 Å². The molecular formula is C20H23NO4Si. The number of hydrogen-bond donors (Lipinski definition) is 5. The number of fused-ring (bicyclic) bond motifs is 1. The van der Waals surface area contributed by atoms with Crippen LogP contribution in [0.1, 0.15) is 23.6 Å². The molecule has 6 heteroatoms. The molecule has 5 N–H and O–H groups in total. The number of phenols is 1. The molecule has 0 bridgehead atoms. The van der Waals surface area contributed by atoms with E-state index in [1.165, 1.54) is 0 Å². The van der Waals surface area contributed by atoms with Gasteiger partial charge in [-0.25, -0.2) is 0 Å². The lowest BCUT2D eigenvalue weighted by molar-refractivity contribution is 0.226. The number of rotatable bonds is 7. The molecule has 0 heterocycles. The van der Waals surface area contributed by atoms with Crippen LogP contribution in [-0.4, -0.2) is 34.8 Å². The van der Waals surface area contributed by atoms with E-state index in [1.807, 2.05) is 60.7 Å². The average molecular weight is 369 g/mol. The van der Waals surface area contributed by atoms with E-state index in [-0.39, 0.29) is 17.8 Å². The molecule has 0 amide bonds. The van der Waals surface area contributed by atoms with Gasteiger partial charge < -0.3 is 24.8 Å². The Balaban J connectivity index is 1.95. The fraction of sp³-hybridized carbons (Fsp3) is 0.200. The molecule has 1 unspecified atom stereocenters. The Hall–Kier alpha value is -2.22. The maximum atomic E-state index is 10.6. The maximum absolute atomic E-state index is 10.6. The lowest BCUT2D eigenvalue weighted by atomic mass is 9.92. The summed E-state index contributed by atoms with van der Waals surface area (Å²) in [6.07, 6.45) is 0.421. The van der Waals surface area contributed by atoms with Crippen molar-refractivity contribution >= 4 is 19.6 Å². The molecular weight excluding hydrogens is 346 g/mol. The number of benzene rings is 3. The van der Waals surface area contributed by atoms with Gasteiger partial charge in [0.25, 0.3) is 0 Å². The Morgan fingerprint density at radius 2 is 1.54 bits per heavy atom. The van der Waals surface area contributed by atoms with Gasteiger partial charge in [-0.15, -0.1) is 0 Å². The van der Waals surface area contributed by atoms with E-state index in [0.717, 1.165) is 21.9 Å². The molecule has 26 heavy (non-hydrogen) atoms. The Labute approximate surface area is 153 Å². The standard InChI is InChI=1S/C20H23NO4Si/c22-18-12-11-15-7-4-5-10-17(15)19(18)20(16-8-2-1-3-9-16)21-13-6-14-26(23,24)25/h1-5,7-12,20-25H,6,13-14H2. The van der Waals surface area contributed by atoms with Crippen LogP contribution in [0.25, 0.3) is 10.8 Å². The van der Waals surface area contributed by atoms with Crippen molar-refractivity contribution in [2.24, 2.45) is 0 Å². The fourth-order valence-corrected chi connectivity index (χ4v) is 3.84. The summed E-state index contributed by atoms with van der Waals surface area (Å²) in [7, 11) is -4.03. The normalized spacial score (nSPS) is 13.0. The van der Waals surface area contributed by atoms with Crippen molar-refractivity contribution in [3.05, 3.63) is 77.9 Å². The minimum absolute atomic E-state index is 0.0248. The SMILES string of the molecule is Oc1ccc2ccccc2c1C(NCCC[Si](O)(O)O)c1ccccc1. The monoisotopic (exact) mass is 369 g/mol. The summed E-state index contributed by atoms with van der Waals surface area (Å²) in [6.45, 7) is 0.471. The maximum Gasteiger partial charge on any atom is 0.492 e. The van der Waals surface area contributed by atoms with E-state index in [1.54, 1.807) is 6.07 Å². The molecule has 1 atom stereocenters. The van der Waals surface area contributed by atoms with Gasteiger partial charge in [-0.3, -0.25) is 0 Å². The van der Waals surface area contributed by atoms with Crippen LogP contribution < -0.4 is 5.32 Å². The molecule has 0 fully saturated rings. The average Bonchev–Trinajstić information content (AvgIpc) is 2.62. The van der Waals surface area contributed by atoms with Crippen molar-refractivity contribution in [1.82, 2.24) is 5.32 Å². The zero-order valence-electron chi connectivity index (χ0n) is 14.3. The van der Waals surface area contributed by atoms with Gasteiger partial charge in [0.05, 0.1) is 6.04 Å². The fourth-order valence-electron chi connectivity index (χ4n) is 3.19. The van der Waals surface area contributed by atoms with Crippen LogP contribution >= 0.6 is 0 Å². The molecule has 0 saturated heterocycles. The summed E-state index contributed by atoms with van der Waals surface area (Å²) in [4.78, 5) is 27.6. The van der Waals surface area contributed by atoms with Gasteiger partial charge in [0.2, 0.25) is 0 Å². The Kier molecular flexibility index (Phi) is 5.70. The molecule has 3 aromatic carbocycles. The molecule has 0 aromatic heterocycles. The second-order valence-electron chi connectivity index (χ2n) is 6.40. The van der Waals surface area contributed by atoms with Crippen LogP contribution in [0.15, 0.2) is 66.7 Å². The predicted octanol–water partition coefficient (Wildman–Crippen LogP) is 2.53. The number of aromatic hydroxyl groups is 1. The largest absolute Gasteiger partial charge is 0.508 e. The molecule has 3 rings (SSSR count). The third-order valence-electron chi connectivity index (χ3n) is 4.41. The number of hydrogen-bond acceptors (Lipinski definition) is 5. The highest BCUT2D eigenvalue weighted by Gasteiger charge is 2.26. The third-order valence-corrected chi connectivity index (χ3v) is 5.43. The minimum Gasteiger partial charge on any atom is -0.508 e. The van der Waals surface area contributed by atoms with E-state index in [0.29, 0.717) is 13.0 Å². The van der Waals surface area contributed by atoms with Gasteiger partial charge in [0.15, 0.2) is 0 Å². The van der Waals surface area contributed by atoms with Crippen LogP contribution in [-0.2, 0) is 0 Å².